The lowest BCUT2D eigenvalue weighted by Crippen LogP contribution is -2.08. The first kappa shape index (κ1) is 14.8. The van der Waals surface area contributed by atoms with E-state index in [1.807, 2.05) is 41.2 Å². The average Bonchev–Trinajstić information content (AvgIpc) is 3.33. The molecule has 1 aliphatic carbocycles. The van der Waals surface area contributed by atoms with Gasteiger partial charge in [0.1, 0.15) is 5.82 Å². The van der Waals surface area contributed by atoms with E-state index in [1.54, 1.807) is 0 Å². The summed E-state index contributed by atoms with van der Waals surface area (Å²) in [5.74, 6) is 3.08. The van der Waals surface area contributed by atoms with E-state index < -0.39 is 0 Å². The number of hydrogen-bond donors (Lipinski definition) is 1. The molecule has 2 aliphatic heterocycles. The number of rotatable bonds is 2. The number of fused-ring (bicyclic) bond motifs is 3. The third-order valence-corrected chi connectivity index (χ3v) is 5.42. The topological polar surface area (TPSA) is 74.7 Å². The molecule has 2 aromatic carbocycles. The summed E-state index contributed by atoms with van der Waals surface area (Å²) in [6, 6.07) is 11.9. The molecule has 134 valence electrons. The van der Waals surface area contributed by atoms with Gasteiger partial charge in [-0.2, -0.15) is 5.10 Å². The zero-order chi connectivity index (χ0) is 18.0. The molecular formula is C21H18N4O2. The van der Waals surface area contributed by atoms with Crippen molar-refractivity contribution in [2.75, 3.05) is 12.5 Å². The number of nitrogen functional groups attached to an aromatic ring is 1. The predicted octanol–water partition coefficient (Wildman–Crippen LogP) is 3.28. The Morgan fingerprint density at radius 1 is 1.04 bits per heavy atom. The summed E-state index contributed by atoms with van der Waals surface area (Å²) < 4.78 is 13.3. The van der Waals surface area contributed by atoms with Crippen molar-refractivity contribution in [3.8, 4) is 11.5 Å². The van der Waals surface area contributed by atoms with Crippen LogP contribution in [0.3, 0.4) is 0 Å². The molecule has 0 radical (unpaired) electrons. The van der Waals surface area contributed by atoms with Crippen LogP contribution >= 0.6 is 0 Å². The van der Waals surface area contributed by atoms with Gasteiger partial charge in [-0.1, -0.05) is 12.1 Å². The van der Waals surface area contributed by atoms with Gasteiger partial charge in [0, 0.05) is 29.2 Å². The summed E-state index contributed by atoms with van der Waals surface area (Å²) in [6.07, 6.45) is 5.11. The summed E-state index contributed by atoms with van der Waals surface area (Å²) in [7, 11) is 0. The molecule has 3 aromatic rings. The number of benzene rings is 2. The first-order valence-corrected chi connectivity index (χ1v) is 9.20. The molecule has 3 heterocycles. The van der Waals surface area contributed by atoms with E-state index in [0.29, 0.717) is 12.3 Å². The molecule has 0 amide bonds. The normalized spacial score (nSPS) is 17.1. The molecule has 6 heteroatoms. The van der Waals surface area contributed by atoms with Gasteiger partial charge < -0.3 is 15.2 Å². The minimum absolute atomic E-state index is 0.257. The van der Waals surface area contributed by atoms with Gasteiger partial charge in [0.25, 0.3) is 0 Å². The van der Waals surface area contributed by atoms with E-state index in [0.717, 1.165) is 45.4 Å². The van der Waals surface area contributed by atoms with Crippen molar-refractivity contribution in [1.29, 1.82) is 0 Å². The lowest BCUT2D eigenvalue weighted by Gasteiger charge is -2.11. The lowest BCUT2D eigenvalue weighted by molar-refractivity contribution is 0.174. The van der Waals surface area contributed by atoms with Gasteiger partial charge in [0.2, 0.25) is 6.79 Å². The van der Waals surface area contributed by atoms with Crippen molar-refractivity contribution in [2.24, 2.45) is 5.10 Å². The maximum atomic E-state index is 5.90. The molecule has 0 atom stereocenters. The zero-order valence-electron chi connectivity index (χ0n) is 14.7. The molecule has 1 aromatic heterocycles. The van der Waals surface area contributed by atoms with E-state index in [4.69, 9.17) is 20.3 Å². The highest BCUT2D eigenvalue weighted by molar-refractivity contribution is 6.14. The Morgan fingerprint density at radius 3 is 2.59 bits per heavy atom. The zero-order valence-corrected chi connectivity index (χ0v) is 14.7. The highest BCUT2D eigenvalue weighted by Crippen LogP contribution is 2.42. The Balaban J connectivity index is 1.60. The molecular weight excluding hydrogens is 340 g/mol. The van der Waals surface area contributed by atoms with E-state index in [2.05, 4.69) is 11.1 Å². The highest BCUT2D eigenvalue weighted by atomic mass is 16.7. The molecule has 3 aliphatic rings. The smallest absolute Gasteiger partial charge is 0.231 e. The molecule has 1 fully saturated rings. The van der Waals surface area contributed by atoms with Crippen molar-refractivity contribution in [3.05, 3.63) is 70.8 Å². The van der Waals surface area contributed by atoms with Crippen LogP contribution in [0.4, 0.5) is 5.69 Å². The number of hydrogen-bond acceptors (Lipinski definition) is 5. The van der Waals surface area contributed by atoms with Crippen molar-refractivity contribution in [3.63, 3.8) is 0 Å². The summed E-state index contributed by atoms with van der Waals surface area (Å²) in [4.78, 5) is 4.68. The number of imidazole rings is 1. The quantitative estimate of drug-likeness (QED) is 0.558. The summed E-state index contributed by atoms with van der Waals surface area (Å²) in [5, 5.41) is 5.06. The van der Waals surface area contributed by atoms with Crippen LogP contribution in [0.15, 0.2) is 47.7 Å². The molecule has 27 heavy (non-hydrogen) atoms. The molecule has 0 unspecified atom stereocenters. The van der Waals surface area contributed by atoms with Crippen molar-refractivity contribution in [2.45, 2.75) is 25.2 Å². The fourth-order valence-corrected chi connectivity index (χ4v) is 3.82. The fraction of sp³-hybridized carbons (Fsp3) is 0.238. The lowest BCUT2D eigenvalue weighted by atomic mass is 9.95. The van der Waals surface area contributed by atoms with Crippen LogP contribution in [0, 0.1) is 0 Å². The Labute approximate surface area is 156 Å². The second-order valence-corrected chi connectivity index (χ2v) is 7.30. The van der Waals surface area contributed by atoms with Crippen LogP contribution in [-0.4, -0.2) is 22.2 Å². The van der Waals surface area contributed by atoms with Crippen LogP contribution in [0.1, 0.15) is 47.0 Å². The summed E-state index contributed by atoms with van der Waals surface area (Å²) in [5.41, 5.74) is 12.0. The molecule has 6 rings (SSSR count). The molecule has 0 bridgehead atoms. The number of aromatic nitrogens is 2. The monoisotopic (exact) mass is 358 g/mol. The predicted molar refractivity (Wildman–Crippen MR) is 101 cm³/mol. The Kier molecular flexibility index (Phi) is 2.95. The highest BCUT2D eigenvalue weighted by Gasteiger charge is 2.31. The van der Waals surface area contributed by atoms with Crippen LogP contribution in [-0.2, 0) is 6.42 Å². The Bertz CT molecular complexity index is 1090. The van der Waals surface area contributed by atoms with Gasteiger partial charge in [-0.15, -0.1) is 0 Å². The van der Waals surface area contributed by atoms with Gasteiger partial charge >= 0.3 is 0 Å². The largest absolute Gasteiger partial charge is 0.454 e. The van der Waals surface area contributed by atoms with Crippen LogP contribution in [0.5, 0.6) is 11.5 Å². The van der Waals surface area contributed by atoms with Crippen molar-refractivity contribution in [1.82, 2.24) is 9.66 Å². The molecule has 0 spiro atoms. The minimum atomic E-state index is 0.257. The second-order valence-electron chi connectivity index (χ2n) is 7.30. The first-order chi connectivity index (χ1) is 13.3. The van der Waals surface area contributed by atoms with Gasteiger partial charge in [-0.05, 0) is 42.7 Å². The van der Waals surface area contributed by atoms with Crippen LogP contribution in [0.25, 0.3) is 0 Å². The van der Waals surface area contributed by atoms with E-state index in [9.17, 15) is 0 Å². The van der Waals surface area contributed by atoms with Crippen LogP contribution < -0.4 is 15.2 Å². The molecule has 1 saturated carbocycles. The summed E-state index contributed by atoms with van der Waals surface area (Å²) in [6.45, 7) is 0.257. The van der Waals surface area contributed by atoms with E-state index in [-0.39, 0.29) is 6.79 Å². The van der Waals surface area contributed by atoms with Crippen molar-refractivity contribution < 1.29 is 9.47 Å². The summed E-state index contributed by atoms with van der Waals surface area (Å²) >= 11 is 0. The number of ether oxygens (including phenoxy) is 2. The fourth-order valence-electron chi connectivity index (χ4n) is 3.82. The van der Waals surface area contributed by atoms with Gasteiger partial charge in [-0.25, -0.2) is 9.66 Å². The molecule has 0 saturated heterocycles. The number of nitrogens with two attached hydrogens (primary N) is 1. The second kappa shape index (κ2) is 5.36. The standard InChI is InChI=1S/C21H18N4O2/c22-15-5-3-13(4-6-15)21-16-9-19-18(26-11-27-19)7-14(16)8-20-23-10-17(12-1-2-12)25(20)24-21/h3-7,9-10,12H,1-2,8,11,22H2. The first-order valence-electron chi connectivity index (χ1n) is 9.20. The average molecular weight is 358 g/mol. The van der Waals surface area contributed by atoms with Gasteiger partial charge in [0.05, 0.1) is 17.6 Å². The minimum Gasteiger partial charge on any atom is -0.454 e. The third kappa shape index (κ3) is 2.33. The number of anilines is 1. The van der Waals surface area contributed by atoms with Crippen LogP contribution in [0.2, 0.25) is 0 Å². The maximum absolute atomic E-state index is 5.90. The number of nitrogens with zero attached hydrogens (tertiary/aromatic N) is 3. The Morgan fingerprint density at radius 2 is 1.81 bits per heavy atom. The van der Waals surface area contributed by atoms with Crippen molar-refractivity contribution >= 4 is 11.4 Å². The van der Waals surface area contributed by atoms with Gasteiger partial charge in [0.15, 0.2) is 11.5 Å². The maximum Gasteiger partial charge on any atom is 0.231 e. The SMILES string of the molecule is Nc1ccc(C2=Nn3c(C4CC4)cnc3Cc3cc4c(cc32)OCO4)cc1. The van der Waals surface area contributed by atoms with E-state index >= 15 is 0 Å². The molecule has 2 N–H and O–H groups in total. The van der Waals surface area contributed by atoms with Gasteiger partial charge in [-0.3, -0.25) is 0 Å². The molecule has 6 nitrogen and oxygen atoms in total. The third-order valence-electron chi connectivity index (χ3n) is 5.42. The Hall–Kier alpha value is -3.28. The van der Waals surface area contributed by atoms with E-state index in [1.165, 1.54) is 18.5 Å².